The average Bonchev–Trinajstić information content (AvgIpc) is 3.10. The number of amides is 3. The molecule has 2 rings (SSSR count). The van der Waals surface area contributed by atoms with Gasteiger partial charge in [0.15, 0.2) is 0 Å². The summed E-state index contributed by atoms with van der Waals surface area (Å²) in [6.45, 7) is 2.03. The number of nitrogens with one attached hydrogen (secondary N) is 2. The normalized spacial score (nSPS) is 15.1. The van der Waals surface area contributed by atoms with Crippen molar-refractivity contribution < 1.29 is 19.1 Å². The first-order valence-electron chi connectivity index (χ1n) is 7.51. The lowest BCUT2D eigenvalue weighted by atomic mass is 9.97. The maximum atomic E-state index is 11.8. The van der Waals surface area contributed by atoms with Crippen molar-refractivity contribution in [2.24, 2.45) is 5.92 Å². The Bertz CT molecular complexity index is 539. The summed E-state index contributed by atoms with van der Waals surface area (Å²) in [5.74, 6) is -0.965. The molecular weight excluding hydrogens is 318 g/mol. The molecule has 0 atom stereocenters. The first-order chi connectivity index (χ1) is 11.1. The summed E-state index contributed by atoms with van der Waals surface area (Å²) in [5, 5.41) is 7.17. The summed E-state index contributed by atoms with van der Waals surface area (Å²) in [4.78, 5) is 37.5. The van der Waals surface area contributed by atoms with E-state index in [1.54, 1.807) is 4.90 Å². The summed E-state index contributed by atoms with van der Waals surface area (Å²) in [7, 11) is 1.36. The van der Waals surface area contributed by atoms with Crippen molar-refractivity contribution >= 4 is 29.2 Å². The van der Waals surface area contributed by atoms with Crippen molar-refractivity contribution in [2.45, 2.75) is 19.4 Å². The maximum Gasteiger partial charge on any atom is 0.409 e. The predicted molar refractivity (Wildman–Crippen MR) is 85.9 cm³/mol. The smallest absolute Gasteiger partial charge is 0.409 e. The van der Waals surface area contributed by atoms with Gasteiger partial charge in [-0.25, -0.2) is 4.79 Å². The predicted octanol–water partition coefficient (Wildman–Crippen LogP) is 0.959. The number of hydrogen-bond acceptors (Lipinski definition) is 5. The van der Waals surface area contributed by atoms with Gasteiger partial charge >= 0.3 is 17.9 Å². The van der Waals surface area contributed by atoms with Gasteiger partial charge < -0.3 is 20.3 Å². The maximum absolute atomic E-state index is 11.8. The molecule has 8 heteroatoms. The zero-order chi connectivity index (χ0) is 16.7. The standard InChI is InChI=1S/C15H21N3O4S/c1-22-15(21)18-6-4-11(5-7-18)9-16-13(19)14(20)17-10-12-3-2-8-23-12/h2-3,8,11H,4-7,9-10H2,1H3,(H,16,19)(H,17,20). The van der Waals surface area contributed by atoms with Crippen LogP contribution >= 0.6 is 11.3 Å². The van der Waals surface area contributed by atoms with Crippen LogP contribution in [-0.4, -0.2) is 49.6 Å². The number of carbonyl (C=O) groups excluding carboxylic acids is 3. The molecule has 2 N–H and O–H groups in total. The van der Waals surface area contributed by atoms with Crippen LogP contribution in [0.25, 0.3) is 0 Å². The lowest BCUT2D eigenvalue weighted by Gasteiger charge is -2.30. The number of nitrogens with zero attached hydrogens (tertiary/aromatic N) is 1. The van der Waals surface area contributed by atoms with E-state index < -0.39 is 11.8 Å². The lowest BCUT2D eigenvalue weighted by Crippen LogP contribution is -2.44. The molecule has 1 saturated heterocycles. The Balaban J connectivity index is 1.64. The van der Waals surface area contributed by atoms with E-state index in [0.717, 1.165) is 17.7 Å². The lowest BCUT2D eigenvalue weighted by molar-refractivity contribution is -0.139. The van der Waals surface area contributed by atoms with Crippen molar-refractivity contribution in [3.8, 4) is 0 Å². The van der Waals surface area contributed by atoms with Crippen molar-refractivity contribution in [3.05, 3.63) is 22.4 Å². The summed E-state index contributed by atoms with van der Waals surface area (Å²) in [6.07, 6.45) is 1.25. The second kappa shape index (κ2) is 8.52. The topological polar surface area (TPSA) is 87.7 Å². The third kappa shape index (κ3) is 5.24. The fourth-order valence-corrected chi connectivity index (χ4v) is 3.07. The Morgan fingerprint density at radius 2 is 1.96 bits per heavy atom. The highest BCUT2D eigenvalue weighted by Gasteiger charge is 2.24. The van der Waals surface area contributed by atoms with Crippen molar-refractivity contribution in [1.82, 2.24) is 15.5 Å². The zero-order valence-electron chi connectivity index (χ0n) is 13.0. The summed E-state index contributed by atoms with van der Waals surface area (Å²) in [5.41, 5.74) is 0. The Morgan fingerprint density at radius 1 is 1.26 bits per heavy atom. The number of piperidine rings is 1. The molecule has 0 aliphatic carbocycles. The molecule has 0 bridgehead atoms. The SMILES string of the molecule is COC(=O)N1CCC(CNC(=O)C(=O)NCc2cccs2)CC1. The monoisotopic (exact) mass is 339 g/mol. The summed E-state index contributed by atoms with van der Waals surface area (Å²) >= 11 is 1.53. The van der Waals surface area contributed by atoms with Gasteiger partial charge in [0.05, 0.1) is 13.7 Å². The van der Waals surface area contributed by atoms with Gasteiger partial charge in [0, 0.05) is 24.5 Å². The number of likely N-dealkylation sites (tertiary alicyclic amines) is 1. The van der Waals surface area contributed by atoms with E-state index in [1.807, 2.05) is 17.5 Å². The van der Waals surface area contributed by atoms with E-state index in [4.69, 9.17) is 0 Å². The first kappa shape index (κ1) is 17.3. The molecule has 1 aliphatic rings. The van der Waals surface area contributed by atoms with E-state index in [1.165, 1.54) is 18.4 Å². The third-order valence-corrected chi connectivity index (χ3v) is 4.68. The number of rotatable bonds is 4. The summed E-state index contributed by atoms with van der Waals surface area (Å²) in [6, 6.07) is 3.80. The van der Waals surface area contributed by atoms with E-state index in [2.05, 4.69) is 15.4 Å². The minimum absolute atomic E-state index is 0.268. The fourth-order valence-electron chi connectivity index (χ4n) is 2.43. The third-order valence-electron chi connectivity index (χ3n) is 3.81. The van der Waals surface area contributed by atoms with E-state index in [-0.39, 0.29) is 12.0 Å². The zero-order valence-corrected chi connectivity index (χ0v) is 13.9. The van der Waals surface area contributed by atoms with Gasteiger partial charge in [-0.3, -0.25) is 9.59 Å². The van der Waals surface area contributed by atoms with Gasteiger partial charge in [-0.15, -0.1) is 11.3 Å². The van der Waals surface area contributed by atoms with E-state index in [9.17, 15) is 14.4 Å². The number of thiophene rings is 1. The first-order valence-corrected chi connectivity index (χ1v) is 8.39. The number of ether oxygens (including phenoxy) is 1. The molecule has 1 aromatic rings. The van der Waals surface area contributed by atoms with Crippen LogP contribution in [0.4, 0.5) is 4.79 Å². The molecule has 0 spiro atoms. The quantitative estimate of drug-likeness (QED) is 0.800. The van der Waals surface area contributed by atoms with Crippen molar-refractivity contribution in [1.29, 1.82) is 0 Å². The van der Waals surface area contributed by atoms with Crippen molar-refractivity contribution in [3.63, 3.8) is 0 Å². The number of carbonyl (C=O) groups is 3. The Morgan fingerprint density at radius 3 is 2.57 bits per heavy atom. The summed E-state index contributed by atoms with van der Waals surface area (Å²) < 4.78 is 4.68. The highest BCUT2D eigenvalue weighted by Crippen LogP contribution is 2.16. The average molecular weight is 339 g/mol. The van der Waals surface area contributed by atoms with Gasteiger partial charge in [-0.2, -0.15) is 0 Å². The van der Waals surface area contributed by atoms with Gasteiger partial charge in [0.1, 0.15) is 0 Å². The highest BCUT2D eigenvalue weighted by atomic mass is 32.1. The van der Waals surface area contributed by atoms with Crippen LogP contribution in [0, 0.1) is 5.92 Å². The van der Waals surface area contributed by atoms with Crippen LogP contribution in [0.1, 0.15) is 17.7 Å². The number of methoxy groups -OCH3 is 1. The molecule has 0 saturated carbocycles. The van der Waals surface area contributed by atoms with E-state index >= 15 is 0 Å². The minimum atomic E-state index is -0.620. The molecule has 7 nitrogen and oxygen atoms in total. The molecule has 3 amide bonds. The van der Waals surface area contributed by atoms with Crippen LogP contribution in [0.5, 0.6) is 0 Å². The second-order valence-corrected chi connectivity index (χ2v) is 6.40. The van der Waals surface area contributed by atoms with Crippen LogP contribution in [-0.2, 0) is 20.9 Å². The highest BCUT2D eigenvalue weighted by molar-refractivity contribution is 7.09. The molecule has 1 aliphatic heterocycles. The fraction of sp³-hybridized carbons (Fsp3) is 0.533. The Labute approximate surface area is 139 Å². The van der Waals surface area contributed by atoms with Gasteiger partial charge in [0.2, 0.25) is 0 Å². The molecule has 0 radical (unpaired) electrons. The molecule has 0 aromatic carbocycles. The van der Waals surface area contributed by atoms with Gasteiger partial charge in [-0.05, 0) is 30.2 Å². The van der Waals surface area contributed by atoms with Crippen molar-refractivity contribution in [2.75, 3.05) is 26.7 Å². The number of hydrogen-bond donors (Lipinski definition) is 2. The van der Waals surface area contributed by atoms with Crippen LogP contribution < -0.4 is 10.6 Å². The molecular formula is C15H21N3O4S. The molecule has 126 valence electrons. The second-order valence-electron chi connectivity index (χ2n) is 5.37. The van der Waals surface area contributed by atoms with Gasteiger partial charge in [0.25, 0.3) is 0 Å². The Kier molecular flexibility index (Phi) is 6.40. The molecule has 0 unspecified atom stereocenters. The molecule has 23 heavy (non-hydrogen) atoms. The largest absolute Gasteiger partial charge is 0.453 e. The molecule has 1 aromatic heterocycles. The van der Waals surface area contributed by atoms with Crippen LogP contribution in [0.15, 0.2) is 17.5 Å². The Hall–Kier alpha value is -2.09. The molecule has 2 heterocycles. The van der Waals surface area contributed by atoms with Crippen LogP contribution in [0.2, 0.25) is 0 Å². The van der Waals surface area contributed by atoms with Crippen LogP contribution in [0.3, 0.4) is 0 Å². The minimum Gasteiger partial charge on any atom is -0.453 e. The molecule has 1 fully saturated rings. The van der Waals surface area contributed by atoms with E-state index in [0.29, 0.717) is 26.2 Å². The van der Waals surface area contributed by atoms with Gasteiger partial charge in [-0.1, -0.05) is 6.07 Å².